The van der Waals surface area contributed by atoms with Gasteiger partial charge in [0.2, 0.25) is 0 Å². The summed E-state index contributed by atoms with van der Waals surface area (Å²) < 4.78 is 0.848. The summed E-state index contributed by atoms with van der Waals surface area (Å²) >= 11 is 0. The third-order valence-electron chi connectivity index (χ3n) is 7.55. The van der Waals surface area contributed by atoms with Gasteiger partial charge in [0.15, 0.2) is 0 Å². The number of carbonyl (C=O) groups is 3. The zero-order chi connectivity index (χ0) is 28.3. The second-order valence-electron chi connectivity index (χ2n) is 11.0. The molecule has 0 aliphatic heterocycles. The number of hydrogen-bond acceptors (Lipinski definition) is 4. The second-order valence-corrected chi connectivity index (χ2v) is 11.0. The number of quaternary nitrogens is 1. The van der Waals surface area contributed by atoms with Crippen LogP contribution in [0.1, 0.15) is 142 Å². The molecule has 38 heavy (non-hydrogen) atoms. The van der Waals surface area contributed by atoms with Gasteiger partial charge in [0.05, 0.1) is 26.2 Å². The molecular weight excluding hydrogens is 482 g/mol. The van der Waals surface area contributed by atoms with Gasteiger partial charge in [0.25, 0.3) is 0 Å². The molecule has 222 valence electrons. The van der Waals surface area contributed by atoms with Crippen molar-refractivity contribution in [3.8, 4) is 0 Å². The highest BCUT2D eigenvalue weighted by Crippen LogP contribution is 2.19. The molecule has 0 aliphatic rings. The van der Waals surface area contributed by atoms with Gasteiger partial charge in [0.1, 0.15) is 0 Å². The summed E-state index contributed by atoms with van der Waals surface area (Å²) in [4.78, 5) is 32.8. The molecule has 7 heteroatoms. The molecule has 7 nitrogen and oxygen atoms in total. The Balaban J connectivity index is 4.52. The van der Waals surface area contributed by atoms with E-state index in [1.165, 1.54) is 70.6 Å². The van der Waals surface area contributed by atoms with E-state index in [1.54, 1.807) is 0 Å². The summed E-state index contributed by atoms with van der Waals surface area (Å²) in [5.74, 6) is -2.57. The Morgan fingerprint density at radius 2 is 0.895 bits per heavy atom. The molecule has 0 unspecified atom stereocenters. The number of nitrogens with zero attached hydrogens (tertiary/aromatic N) is 1. The van der Waals surface area contributed by atoms with Crippen molar-refractivity contribution in [2.24, 2.45) is 0 Å². The van der Waals surface area contributed by atoms with Crippen molar-refractivity contribution in [1.29, 1.82) is 0 Å². The van der Waals surface area contributed by atoms with Gasteiger partial charge in [-0.25, -0.2) is 0 Å². The van der Waals surface area contributed by atoms with Crippen molar-refractivity contribution in [2.45, 2.75) is 142 Å². The fraction of sp³-hybridized carbons (Fsp3) is 0.839. The number of carboxylic acids is 3. The molecule has 0 saturated heterocycles. The Bertz CT molecular complexity index is 579. The average molecular weight is 540 g/mol. The molecule has 0 spiro atoms. The summed E-state index contributed by atoms with van der Waals surface area (Å²) in [6.45, 7) is 5.69. The van der Waals surface area contributed by atoms with Crippen LogP contribution in [0.2, 0.25) is 0 Å². The molecule has 0 atom stereocenters. The molecular formula is C31H57NO6. The molecule has 0 saturated carbocycles. The topological polar surface area (TPSA) is 115 Å². The highest BCUT2D eigenvalue weighted by Gasteiger charge is 2.26. The predicted molar refractivity (Wildman–Crippen MR) is 152 cm³/mol. The van der Waals surface area contributed by atoms with E-state index in [0.717, 1.165) is 56.3 Å². The van der Waals surface area contributed by atoms with Gasteiger partial charge >= 0.3 is 11.9 Å². The Labute approximate surface area is 232 Å². The summed E-state index contributed by atoms with van der Waals surface area (Å²) in [5, 5.41) is 28.9. The van der Waals surface area contributed by atoms with Gasteiger partial charge in [-0.05, 0) is 77.6 Å². The number of allylic oxidation sites excluding steroid dienone is 2. The maximum atomic E-state index is 11.0. The van der Waals surface area contributed by atoms with Crippen LogP contribution < -0.4 is 5.11 Å². The van der Waals surface area contributed by atoms with Crippen LogP contribution in [0.4, 0.5) is 0 Å². The molecule has 0 heterocycles. The zero-order valence-corrected chi connectivity index (χ0v) is 24.3. The van der Waals surface area contributed by atoms with E-state index in [1.807, 2.05) is 0 Å². The first-order valence-electron chi connectivity index (χ1n) is 15.4. The van der Waals surface area contributed by atoms with Crippen LogP contribution in [0.15, 0.2) is 12.2 Å². The van der Waals surface area contributed by atoms with Crippen molar-refractivity contribution in [2.75, 3.05) is 26.2 Å². The molecule has 0 bridgehead atoms. The lowest BCUT2D eigenvalue weighted by Crippen LogP contribution is -2.51. The number of rotatable bonds is 29. The highest BCUT2D eigenvalue weighted by atomic mass is 16.4. The van der Waals surface area contributed by atoms with E-state index >= 15 is 0 Å². The minimum atomic E-state index is -1.02. The van der Waals surface area contributed by atoms with E-state index in [2.05, 4.69) is 19.1 Å². The number of carbonyl (C=O) groups excluding carboxylic acids is 1. The molecule has 0 aromatic heterocycles. The van der Waals surface area contributed by atoms with Crippen LogP contribution in [0.3, 0.4) is 0 Å². The SMILES string of the molecule is C/C=C/CCCCCCCCCCCCC[N+](CCCCC(=O)[O-])(CCCCC(=O)O)CCCCC(=O)O. The molecule has 0 aliphatic carbocycles. The first kappa shape index (κ1) is 36.1. The van der Waals surface area contributed by atoms with E-state index in [9.17, 15) is 19.5 Å². The minimum Gasteiger partial charge on any atom is -0.550 e. The van der Waals surface area contributed by atoms with E-state index in [-0.39, 0.29) is 19.3 Å². The van der Waals surface area contributed by atoms with Crippen molar-refractivity contribution >= 4 is 17.9 Å². The highest BCUT2D eigenvalue weighted by molar-refractivity contribution is 5.66. The van der Waals surface area contributed by atoms with Crippen LogP contribution >= 0.6 is 0 Å². The summed E-state index contributed by atoms with van der Waals surface area (Å²) in [6, 6.07) is 0. The van der Waals surface area contributed by atoms with Crippen molar-refractivity contribution < 1.29 is 34.2 Å². The predicted octanol–water partition coefficient (Wildman–Crippen LogP) is 6.49. The number of aliphatic carboxylic acids is 3. The summed E-state index contributed by atoms with van der Waals surface area (Å²) in [6.07, 6.45) is 24.3. The van der Waals surface area contributed by atoms with Crippen molar-refractivity contribution in [3.05, 3.63) is 12.2 Å². The molecule has 0 radical (unpaired) electrons. The molecule has 0 rings (SSSR count). The first-order valence-corrected chi connectivity index (χ1v) is 15.4. The van der Waals surface area contributed by atoms with E-state index in [4.69, 9.17) is 10.2 Å². The Morgan fingerprint density at radius 1 is 0.553 bits per heavy atom. The monoisotopic (exact) mass is 539 g/mol. The molecule has 0 amide bonds. The van der Waals surface area contributed by atoms with Crippen molar-refractivity contribution in [1.82, 2.24) is 0 Å². The Morgan fingerprint density at radius 3 is 1.26 bits per heavy atom. The lowest BCUT2D eigenvalue weighted by molar-refractivity contribution is -0.929. The maximum absolute atomic E-state index is 11.0. The normalized spacial score (nSPS) is 11.8. The van der Waals surface area contributed by atoms with E-state index < -0.39 is 17.9 Å². The number of carboxylic acid groups (broad SMARTS) is 3. The fourth-order valence-electron chi connectivity index (χ4n) is 5.30. The van der Waals surface area contributed by atoms with Crippen LogP contribution in [0.25, 0.3) is 0 Å². The molecule has 0 aromatic carbocycles. The minimum absolute atomic E-state index is 0.0637. The van der Waals surface area contributed by atoms with Crippen LogP contribution in [0, 0.1) is 0 Å². The Hall–Kier alpha value is -1.89. The smallest absolute Gasteiger partial charge is 0.303 e. The zero-order valence-electron chi connectivity index (χ0n) is 24.3. The molecule has 0 fully saturated rings. The third-order valence-corrected chi connectivity index (χ3v) is 7.55. The van der Waals surface area contributed by atoms with Gasteiger partial charge in [-0.2, -0.15) is 0 Å². The lowest BCUT2D eigenvalue weighted by Gasteiger charge is -2.39. The summed E-state index contributed by atoms with van der Waals surface area (Å²) in [5.41, 5.74) is 0. The number of hydrogen-bond donors (Lipinski definition) is 2. The van der Waals surface area contributed by atoms with Crippen LogP contribution in [-0.4, -0.2) is 58.8 Å². The fourth-order valence-corrected chi connectivity index (χ4v) is 5.30. The quantitative estimate of drug-likeness (QED) is 0.0638. The van der Waals surface area contributed by atoms with Crippen LogP contribution in [-0.2, 0) is 14.4 Å². The lowest BCUT2D eigenvalue weighted by atomic mass is 10.0. The maximum Gasteiger partial charge on any atom is 0.303 e. The number of unbranched alkanes of at least 4 members (excludes halogenated alkanes) is 14. The Kier molecular flexibility index (Phi) is 24.1. The summed E-state index contributed by atoms with van der Waals surface area (Å²) in [7, 11) is 0. The van der Waals surface area contributed by atoms with Gasteiger partial charge < -0.3 is 24.6 Å². The second kappa shape index (κ2) is 25.4. The van der Waals surface area contributed by atoms with Crippen LogP contribution in [0.5, 0.6) is 0 Å². The van der Waals surface area contributed by atoms with Gasteiger partial charge in [0, 0.05) is 18.8 Å². The van der Waals surface area contributed by atoms with E-state index in [0.29, 0.717) is 19.3 Å². The first-order chi connectivity index (χ1) is 18.3. The molecule has 0 aromatic rings. The third kappa shape index (κ3) is 24.4. The van der Waals surface area contributed by atoms with Crippen molar-refractivity contribution in [3.63, 3.8) is 0 Å². The standard InChI is InChI=1S/C31H57NO6/c1-2-3-4-5-6-7-8-9-10-11-12-13-14-18-25-32(26-19-15-22-29(33)34,27-20-16-23-30(35)36)28-21-17-24-31(37)38/h2-3H,4-28H2,1H3,(H2-,33,34,35,36,37,38)/b3-2+. The average Bonchev–Trinajstić information content (AvgIpc) is 2.87. The van der Waals surface area contributed by atoms with Gasteiger partial charge in [-0.15, -0.1) is 0 Å². The largest absolute Gasteiger partial charge is 0.550 e. The molecule has 2 N–H and O–H groups in total. The van der Waals surface area contributed by atoms with Gasteiger partial charge in [-0.3, -0.25) is 9.59 Å². The van der Waals surface area contributed by atoms with Gasteiger partial charge in [-0.1, -0.05) is 63.5 Å².